The zero-order valence-corrected chi connectivity index (χ0v) is 17.5. The van der Waals surface area contributed by atoms with E-state index in [4.69, 9.17) is 23.2 Å². The highest BCUT2D eigenvalue weighted by Gasteiger charge is 2.34. The molecule has 0 heterocycles. The molecule has 0 aromatic heterocycles. The minimum Gasteiger partial charge on any atom is -0.325 e. The Morgan fingerprint density at radius 1 is 0.742 bits per heavy atom. The van der Waals surface area contributed by atoms with Gasteiger partial charge in [0.25, 0.3) is 0 Å². The van der Waals surface area contributed by atoms with Crippen LogP contribution in [0.5, 0.6) is 0 Å². The number of carbonyl (C=O) groups is 2. The van der Waals surface area contributed by atoms with E-state index in [1.807, 2.05) is 0 Å². The fraction of sp³-hybridized carbons (Fsp3) is 0.222. The Balaban J connectivity index is 1.87. The number of thioether (sulfide) groups is 1. The van der Waals surface area contributed by atoms with Crippen LogP contribution in [-0.4, -0.2) is 23.3 Å². The normalized spacial score (nSPS) is 11.9. The number of halogens is 8. The third-order valence-electron chi connectivity index (χ3n) is 3.58. The molecule has 0 aliphatic rings. The van der Waals surface area contributed by atoms with Gasteiger partial charge < -0.3 is 10.6 Å². The molecule has 0 spiro atoms. The minimum atomic E-state index is -4.70. The molecule has 0 saturated heterocycles. The Hall–Kier alpha value is -2.11. The molecule has 13 heteroatoms. The van der Waals surface area contributed by atoms with Crippen molar-refractivity contribution in [3.63, 3.8) is 0 Å². The van der Waals surface area contributed by atoms with Crippen LogP contribution in [0.1, 0.15) is 11.1 Å². The van der Waals surface area contributed by atoms with E-state index in [0.29, 0.717) is 12.1 Å². The summed E-state index contributed by atoms with van der Waals surface area (Å²) in [5, 5.41) is 3.45. The number of hydrogen-bond acceptors (Lipinski definition) is 3. The van der Waals surface area contributed by atoms with Crippen molar-refractivity contribution in [2.75, 3.05) is 22.1 Å². The van der Waals surface area contributed by atoms with E-state index in [9.17, 15) is 35.9 Å². The van der Waals surface area contributed by atoms with E-state index in [0.717, 1.165) is 23.9 Å². The molecular weight excluding hydrogens is 493 g/mol. The molecule has 0 unspecified atom stereocenters. The lowest BCUT2D eigenvalue weighted by Crippen LogP contribution is -2.19. The SMILES string of the molecule is O=C(CSCC(=O)Nc1ccc(Cl)c(C(F)(F)F)c1)Nc1ccc(Cl)c(C(F)(F)F)c1. The van der Waals surface area contributed by atoms with Crippen molar-refractivity contribution in [3.05, 3.63) is 57.6 Å². The molecule has 0 aliphatic carbocycles. The lowest BCUT2D eigenvalue weighted by Gasteiger charge is -2.12. The molecule has 0 bridgehead atoms. The zero-order valence-electron chi connectivity index (χ0n) is 15.1. The third kappa shape index (κ3) is 7.51. The van der Waals surface area contributed by atoms with Crippen LogP contribution in [0, 0.1) is 0 Å². The molecular formula is C18H12Cl2F6N2O2S. The van der Waals surface area contributed by atoms with Gasteiger partial charge in [-0.2, -0.15) is 26.3 Å². The maximum atomic E-state index is 12.8. The van der Waals surface area contributed by atoms with Crippen molar-refractivity contribution in [3.8, 4) is 0 Å². The predicted octanol–water partition coefficient (Wildman–Crippen LogP) is 6.34. The van der Waals surface area contributed by atoms with E-state index in [-0.39, 0.29) is 22.9 Å². The van der Waals surface area contributed by atoms with Crippen LogP contribution in [0.15, 0.2) is 36.4 Å². The first kappa shape index (κ1) is 25.2. The quantitative estimate of drug-likeness (QED) is 0.451. The second-order valence-electron chi connectivity index (χ2n) is 5.97. The summed E-state index contributed by atoms with van der Waals surface area (Å²) in [6.45, 7) is 0. The van der Waals surface area contributed by atoms with E-state index < -0.39 is 45.3 Å². The first-order valence-corrected chi connectivity index (χ1v) is 10.1. The second kappa shape index (κ2) is 10.0. The number of nitrogens with one attached hydrogen (secondary N) is 2. The molecule has 0 aliphatic heterocycles. The summed E-state index contributed by atoms with van der Waals surface area (Å²) >= 11 is 11.8. The third-order valence-corrected chi connectivity index (χ3v) is 5.17. The summed E-state index contributed by atoms with van der Waals surface area (Å²) in [5.74, 6) is -1.93. The highest BCUT2D eigenvalue weighted by Crippen LogP contribution is 2.37. The highest BCUT2D eigenvalue weighted by molar-refractivity contribution is 8.00. The maximum Gasteiger partial charge on any atom is 0.417 e. The van der Waals surface area contributed by atoms with Gasteiger partial charge in [0, 0.05) is 11.4 Å². The molecule has 0 atom stereocenters. The fourth-order valence-corrected chi connectivity index (χ4v) is 3.34. The minimum absolute atomic E-state index is 0.132. The standard InChI is InChI=1S/C18H12Cl2F6N2O2S/c19-13-3-1-9(5-11(13)17(21,22)23)27-15(29)7-31-8-16(30)28-10-2-4-14(20)12(6-10)18(24,25)26/h1-6H,7-8H2,(H,27,29)(H,28,30). The van der Waals surface area contributed by atoms with Gasteiger partial charge in [0.2, 0.25) is 11.8 Å². The van der Waals surface area contributed by atoms with Crippen LogP contribution >= 0.6 is 35.0 Å². The smallest absolute Gasteiger partial charge is 0.325 e. The molecule has 0 saturated carbocycles. The van der Waals surface area contributed by atoms with Crippen LogP contribution < -0.4 is 10.6 Å². The van der Waals surface area contributed by atoms with Crippen LogP contribution in [0.4, 0.5) is 37.7 Å². The number of hydrogen-bond donors (Lipinski definition) is 2. The maximum absolute atomic E-state index is 12.8. The van der Waals surface area contributed by atoms with Crippen LogP contribution in [0.25, 0.3) is 0 Å². The Bertz CT molecular complexity index is 905. The molecule has 0 radical (unpaired) electrons. The van der Waals surface area contributed by atoms with E-state index >= 15 is 0 Å². The lowest BCUT2D eigenvalue weighted by molar-refractivity contribution is -0.138. The van der Waals surface area contributed by atoms with Gasteiger partial charge in [-0.25, -0.2) is 0 Å². The van der Waals surface area contributed by atoms with Gasteiger partial charge >= 0.3 is 12.4 Å². The predicted molar refractivity (Wildman–Crippen MR) is 107 cm³/mol. The van der Waals surface area contributed by atoms with Gasteiger partial charge in [-0.1, -0.05) is 23.2 Å². The molecule has 2 N–H and O–H groups in total. The van der Waals surface area contributed by atoms with Crippen LogP contribution in [0.2, 0.25) is 10.0 Å². The molecule has 0 fully saturated rings. The molecule has 31 heavy (non-hydrogen) atoms. The Morgan fingerprint density at radius 2 is 1.10 bits per heavy atom. The molecule has 168 valence electrons. The average Bonchev–Trinajstić information content (AvgIpc) is 2.63. The van der Waals surface area contributed by atoms with E-state index in [2.05, 4.69) is 10.6 Å². The largest absolute Gasteiger partial charge is 0.417 e. The van der Waals surface area contributed by atoms with Crippen molar-refractivity contribution in [1.29, 1.82) is 0 Å². The Kier molecular flexibility index (Phi) is 8.12. The van der Waals surface area contributed by atoms with E-state index in [1.165, 1.54) is 12.1 Å². The van der Waals surface area contributed by atoms with Gasteiger partial charge in [-0.05, 0) is 36.4 Å². The summed E-state index contributed by atoms with van der Waals surface area (Å²) < 4.78 is 77.0. The van der Waals surface area contributed by atoms with Gasteiger partial charge in [-0.15, -0.1) is 11.8 Å². The number of carbonyl (C=O) groups excluding carboxylic acids is 2. The fourth-order valence-electron chi connectivity index (χ4n) is 2.27. The summed E-state index contributed by atoms with van der Waals surface area (Å²) in [6.07, 6.45) is -9.39. The van der Waals surface area contributed by atoms with Crippen molar-refractivity contribution in [2.24, 2.45) is 0 Å². The van der Waals surface area contributed by atoms with Gasteiger partial charge in [0.15, 0.2) is 0 Å². The summed E-state index contributed by atoms with van der Waals surface area (Å²) in [7, 11) is 0. The Labute approximate surface area is 186 Å². The first-order chi connectivity index (χ1) is 14.3. The molecule has 2 aromatic carbocycles. The van der Waals surface area contributed by atoms with E-state index in [1.54, 1.807) is 0 Å². The highest BCUT2D eigenvalue weighted by atomic mass is 35.5. The monoisotopic (exact) mass is 504 g/mol. The Morgan fingerprint density at radius 3 is 1.42 bits per heavy atom. The summed E-state index contributed by atoms with van der Waals surface area (Å²) in [5.41, 5.74) is -2.49. The number of alkyl halides is 6. The van der Waals surface area contributed by atoms with Crippen LogP contribution in [-0.2, 0) is 21.9 Å². The lowest BCUT2D eigenvalue weighted by atomic mass is 10.2. The van der Waals surface area contributed by atoms with Crippen molar-refractivity contribution in [1.82, 2.24) is 0 Å². The zero-order chi connectivity index (χ0) is 23.4. The van der Waals surface area contributed by atoms with Gasteiger partial charge in [0.05, 0.1) is 32.7 Å². The number of rotatable bonds is 6. The molecule has 4 nitrogen and oxygen atoms in total. The molecule has 2 amide bonds. The number of amides is 2. The van der Waals surface area contributed by atoms with Crippen molar-refractivity contribution >= 4 is 58.2 Å². The van der Waals surface area contributed by atoms with Gasteiger partial charge in [0.1, 0.15) is 0 Å². The number of benzene rings is 2. The molecule has 2 aromatic rings. The summed E-state index contributed by atoms with van der Waals surface area (Å²) in [6, 6.07) is 5.70. The topological polar surface area (TPSA) is 58.2 Å². The number of anilines is 2. The van der Waals surface area contributed by atoms with Crippen molar-refractivity contribution in [2.45, 2.75) is 12.4 Å². The first-order valence-electron chi connectivity index (χ1n) is 8.18. The van der Waals surface area contributed by atoms with Gasteiger partial charge in [-0.3, -0.25) is 9.59 Å². The molecule has 2 rings (SSSR count). The van der Waals surface area contributed by atoms with Crippen LogP contribution in [0.3, 0.4) is 0 Å². The van der Waals surface area contributed by atoms with Crippen molar-refractivity contribution < 1.29 is 35.9 Å². The average molecular weight is 505 g/mol. The second-order valence-corrected chi connectivity index (χ2v) is 7.77. The summed E-state index contributed by atoms with van der Waals surface area (Å²) in [4.78, 5) is 23.7.